The molecule has 98 valence electrons. The highest BCUT2D eigenvalue weighted by atomic mass is 14.9. The van der Waals surface area contributed by atoms with Crippen molar-refractivity contribution in [1.29, 1.82) is 0 Å². The van der Waals surface area contributed by atoms with Gasteiger partial charge in [-0.05, 0) is 29.9 Å². The van der Waals surface area contributed by atoms with Crippen molar-refractivity contribution in [3.8, 4) is 0 Å². The summed E-state index contributed by atoms with van der Waals surface area (Å²) in [6, 6.07) is 9.19. The van der Waals surface area contributed by atoms with Gasteiger partial charge < -0.3 is 10.3 Å². The summed E-state index contributed by atoms with van der Waals surface area (Å²) < 4.78 is 0. The molecule has 1 aromatic carbocycles. The normalized spacial score (nSPS) is 13.3. The maximum Gasteiger partial charge on any atom is 0.0499 e. The molecule has 0 fully saturated rings. The van der Waals surface area contributed by atoms with Gasteiger partial charge in [0.05, 0.1) is 0 Å². The molecular weight excluding hydrogens is 220 g/mol. The predicted octanol–water partition coefficient (Wildman–Crippen LogP) is 4.08. The van der Waals surface area contributed by atoms with E-state index in [2.05, 4.69) is 55.3 Å². The Labute approximate surface area is 110 Å². The van der Waals surface area contributed by atoms with E-state index in [0.29, 0.717) is 6.04 Å². The second-order valence-corrected chi connectivity index (χ2v) is 5.11. The number of para-hydroxylation sites is 1. The van der Waals surface area contributed by atoms with Crippen molar-refractivity contribution in [2.75, 3.05) is 0 Å². The van der Waals surface area contributed by atoms with Crippen molar-refractivity contribution in [3.63, 3.8) is 0 Å². The highest BCUT2D eigenvalue weighted by molar-refractivity contribution is 5.82. The van der Waals surface area contributed by atoms with Crippen molar-refractivity contribution in [1.82, 2.24) is 10.3 Å². The van der Waals surface area contributed by atoms with Crippen molar-refractivity contribution in [2.24, 2.45) is 5.92 Å². The van der Waals surface area contributed by atoms with E-state index in [1.165, 1.54) is 29.3 Å². The lowest BCUT2D eigenvalue weighted by Crippen LogP contribution is -2.32. The number of rotatable bonds is 6. The molecule has 18 heavy (non-hydrogen) atoms. The summed E-state index contributed by atoms with van der Waals surface area (Å²) in [5.74, 6) is 0.771. The minimum Gasteiger partial charge on any atom is -0.361 e. The van der Waals surface area contributed by atoms with E-state index in [1.807, 2.05) is 6.20 Å². The molecule has 1 heterocycles. The Morgan fingerprint density at radius 2 is 1.94 bits per heavy atom. The van der Waals surface area contributed by atoms with Crippen LogP contribution >= 0.6 is 0 Å². The first-order chi connectivity index (χ1) is 8.76. The van der Waals surface area contributed by atoms with Gasteiger partial charge in [-0.2, -0.15) is 0 Å². The molecule has 2 aromatic rings. The van der Waals surface area contributed by atoms with Crippen LogP contribution in [0.1, 0.15) is 39.2 Å². The quantitative estimate of drug-likeness (QED) is 0.787. The fourth-order valence-corrected chi connectivity index (χ4v) is 2.73. The molecule has 0 amide bonds. The van der Waals surface area contributed by atoms with Crippen molar-refractivity contribution in [2.45, 2.75) is 46.2 Å². The predicted molar refractivity (Wildman–Crippen MR) is 78.7 cm³/mol. The van der Waals surface area contributed by atoms with Crippen LogP contribution in [0.15, 0.2) is 30.5 Å². The average molecular weight is 244 g/mol. The fourth-order valence-electron chi connectivity index (χ4n) is 2.73. The first-order valence-corrected chi connectivity index (χ1v) is 7.04. The van der Waals surface area contributed by atoms with Crippen LogP contribution in [0.5, 0.6) is 0 Å². The molecular formula is C16H24N2. The summed E-state index contributed by atoms with van der Waals surface area (Å²) in [6.07, 6.45) is 4.51. The standard InChI is InChI=1S/C16H24N2/c1-4-13(5-2)12(3)18-11-15-8-6-7-14-9-10-17-16(14)15/h6-10,12-13,17-18H,4-5,11H2,1-3H3. The van der Waals surface area contributed by atoms with E-state index in [9.17, 15) is 0 Å². The topological polar surface area (TPSA) is 27.8 Å². The number of nitrogens with one attached hydrogen (secondary N) is 2. The smallest absolute Gasteiger partial charge is 0.0499 e. The van der Waals surface area contributed by atoms with Crippen LogP contribution in [0.3, 0.4) is 0 Å². The zero-order chi connectivity index (χ0) is 13.0. The fraction of sp³-hybridized carbons (Fsp3) is 0.500. The molecule has 2 N–H and O–H groups in total. The lowest BCUT2D eigenvalue weighted by Gasteiger charge is -2.22. The summed E-state index contributed by atoms with van der Waals surface area (Å²) in [5.41, 5.74) is 2.62. The maximum absolute atomic E-state index is 3.66. The second-order valence-electron chi connectivity index (χ2n) is 5.11. The van der Waals surface area contributed by atoms with Gasteiger partial charge >= 0.3 is 0 Å². The number of hydrogen-bond acceptors (Lipinski definition) is 1. The monoisotopic (exact) mass is 244 g/mol. The molecule has 0 aliphatic carbocycles. The lowest BCUT2D eigenvalue weighted by atomic mass is 9.95. The van der Waals surface area contributed by atoms with E-state index in [1.54, 1.807) is 0 Å². The zero-order valence-electron chi connectivity index (χ0n) is 11.7. The molecule has 2 heteroatoms. The van der Waals surface area contributed by atoms with Gasteiger partial charge in [0, 0.05) is 24.3 Å². The number of H-pyrrole nitrogens is 1. The molecule has 0 saturated carbocycles. The molecule has 0 aliphatic heterocycles. The Bertz CT molecular complexity index is 483. The van der Waals surface area contributed by atoms with E-state index >= 15 is 0 Å². The van der Waals surface area contributed by atoms with Gasteiger partial charge in [-0.15, -0.1) is 0 Å². The van der Waals surface area contributed by atoms with Gasteiger partial charge in [0.2, 0.25) is 0 Å². The number of aromatic amines is 1. The van der Waals surface area contributed by atoms with E-state index < -0.39 is 0 Å². The van der Waals surface area contributed by atoms with Crippen LogP contribution in [0.2, 0.25) is 0 Å². The third-order valence-electron chi connectivity index (χ3n) is 4.04. The van der Waals surface area contributed by atoms with Crippen LogP contribution in [-0.2, 0) is 6.54 Å². The third kappa shape index (κ3) is 2.75. The SMILES string of the molecule is CCC(CC)C(C)NCc1cccc2cc[nH]c12. The molecule has 0 spiro atoms. The Morgan fingerprint density at radius 1 is 1.17 bits per heavy atom. The van der Waals surface area contributed by atoms with Crippen LogP contribution in [0, 0.1) is 5.92 Å². The van der Waals surface area contributed by atoms with E-state index in [0.717, 1.165) is 12.5 Å². The van der Waals surface area contributed by atoms with Gasteiger partial charge in [0.25, 0.3) is 0 Å². The first kappa shape index (κ1) is 13.2. The van der Waals surface area contributed by atoms with Crippen molar-refractivity contribution >= 4 is 10.9 Å². The van der Waals surface area contributed by atoms with E-state index in [4.69, 9.17) is 0 Å². The highest BCUT2D eigenvalue weighted by Crippen LogP contribution is 2.18. The number of hydrogen-bond donors (Lipinski definition) is 2. The van der Waals surface area contributed by atoms with Crippen molar-refractivity contribution < 1.29 is 0 Å². The molecule has 0 aliphatic rings. The summed E-state index contributed by atoms with van der Waals surface area (Å²) >= 11 is 0. The Kier molecular flexibility index (Phi) is 4.43. The van der Waals surface area contributed by atoms with Crippen LogP contribution in [0.25, 0.3) is 10.9 Å². The second kappa shape index (κ2) is 6.05. The Morgan fingerprint density at radius 3 is 2.67 bits per heavy atom. The molecule has 1 atom stereocenters. The van der Waals surface area contributed by atoms with Crippen LogP contribution < -0.4 is 5.32 Å². The molecule has 0 saturated heterocycles. The highest BCUT2D eigenvalue weighted by Gasteiger charge is 2.13. The largest absolute Gasteiger partial charge is 0.361 e. The summed E-state index contributed by atoms with van der Waals surface area (Å²) in [4.78, 5) is 3.33. The van der Waals surface area contributed by atoms with Gasteiger partial charge in [0.1, 0.15) is 0 Å². The lowest BCUT2D eigenvalue weighted by molar-refractivity contribution is 0.353. The molecule has 1 unspecified atom stereocenters. The van der Waals surface area contributed by atoms with Gasteiger partial charge in [-0.1, -0.05) is 44.9 Å². The zero-order valence-corrected chi connectivity index (χ0v) is 11.7. The maximum atomic E-state index is 3.66. The number of benzene rings is 1. The Hall–Kier alpha value is -1.28. The summed E-state index contributed by atoms with van der Waals surface area (Å²) in [7, 11) is 0. The number of aromatic nitrogens is 1. The third-order valence-corrected chi connectivity index (χ3v) is 4.04. The van der Waals surface area contributed by atoms with Crippen molar-refractivity contribution in [3.05, 3.63) is 36.0 Å². The molecule has 1 aromatic heterocycles. The van der Waals surface area contributed by atoms with Gasteiger partial charge in [-0.25, -0.2) is 0 Å². The van der Waals surface area contributed by atoms with Gasteiger partial charge in [0.15, 0.2) is 0 Å². The first-order valence-electron chi connectivity index (χ1n) is 7.04. The Balaban J connectivity index is 2.04. The summed E-state index contributed by atoms with van der Waals surface area (Å²) in [5, 5.41) is 4.96. The van der Waals surface area contributed by atoms with E-state index in [-0.39, 0.29) is 0 Å². The average Bonchev–Trinajstić information content (AvgIpc) is 2.86. The molecule has 2 rings (SSSR count). The molecule has 0 radical (unpaired) electrons. The minimum atomic E-state index is 0.574. The summed E-state index contributed by atoms with van der Waals surface area (Å²) in [6.45, 7) is 7.79. The van der Waals surface area contributed by atoms with Crippen LogP contribution in [0.4, 0.5) is 0 Å². The van der Waals surface area contributed by atoms with Gasteiger partial charge in [-0.3, -0.25) is 0 Å². The molecule has 2 nitrogen and oxygen atoms in total. The van der Waals surface area contributed by atoms with Crippen LogP contribution in [-0.4, -0.2) is 11.0 Å². The number of fused-ring (bicyclic) bond motifs is 1. The minimum absolute atomic E-state index is 0.574. The molecule has 0 bridgehead atoms.